The second kappa shape index (κ2) is 4.42. The first-order valence-electron chi connectivity index (χ1n) is 4.76. The van der Waals surface area contributed by atoms with Crippen LogP contribution in [-0.2, 0) is 4.79 Å². The predicted octanol–water partition coefficient (Wildman–Crippen LogP) is 0.725. The summed E-state index contributed by atoms with van der Waals surface area (Å²) in [7, 11) is 2.10. The van der Waals surface area contributed by atoms with Crippen molar-refractivity contribution in [2.24, 2.45) is 0 Å². The van der Waals surface area contributed by atoms with Crippen LogP contribution in [0.2, 0.25) is 0 Å². The van der Waals surface area contributed by atoms with Crippen molar-refractivity contribution in [2.45, 2.75) is 19.4 Å². The molecule has 1 rings (SSSR count). The molecule has 1 atom stereocenters. The number of carbonyl (C=O) groups is 1. The van der Waals surface area contributed by atoms with Crippen LogP contribution in [0.3, 0.4) is 0 Å². The third kappa shape index (κ3) is 2.56. The zero-order chi connectivity index (χ0) is 9.84. The monoisotopic (exact) mass is 182 g/mol. The van der Waals surface area contributed by atoms with Gasteiger partial charge in [0, 0.05) is 19.1 Å². The average Bonchev–Trinajstić information content (AvgIpc) is 2.25. The molecular formula is C10H18N2O. The highest BCUT2D eigenvalue weighted by Crippen LogP contribution is 2.08. The summed E-state index contributed by atoms with van der Waals surface area (Å²) in [5.74, 6) is 0.0581. The summed E-state index contributed by atoms with van der Waals surface area (Å²) in [6.07, 6.45) is 2.46. The van der Waals surface area contributed by atoms with Crippen LogP contribution in [0, 0.1) is 0 Å². The van der Waals surface area contributed by atoms with Gasteiger partial charge in [0.05, 0.1) is 0 Å². The zero-order valence-corrected chi connectivity index (χ0v) is 8.49. The minimum Gasteiger partial charge on any atom is -0.335 e. The van der Waals surface area contributed by atoms with E-state index < -0.39 is 0 Å². The molecule has 1 unspecified atom stereocenters. The Labute approximate surface area is 80.0 Å². The van der Waals surface area contributed by atoms with Crippen molar-refractivity contribution in [3.8, 4) is 0 Å². The highest BCUT2D eigenvalue weighted by atomic mass is 16.2. The van der Waals surface area contributed by atoms with Gasteiger partial charge in [-0.1, -0.05) is 6.58 Å². The molecule has 0 spiro atoms. The first kappa shape index (κ1) is 10.3. The van der Waals surface area contributed by atoms with E-state index in [1.54, 1.807) is 0 Å². The van der Waals surface area contributed by atoms with Gasteiger partial charge in [-0.15, -0.1) is 0 Å². The molecule has 13 heavy (non-hydrogen) atoms. The maximum atomic E-state index is 11.4. The topological polar surface area (TPSA) is 23.6 Å². The number of nitrogens with zero attached hydrogens (tertiary/aromatic N) is 2. The van der Waals surface area contributed by atoms with E-state index in [9.17, 15) is 4.79 Å². The van der Waals surface area contributed by atoms with Gasteiger partial charge in [0.1, 0.15) is 0 Å². The van der Waals surface area contributed by atoms with Crippen molar-refractivity contribution in [1.82, 2.24) is 9.80 Å². The summed E-state index contributed by atoms with van der Waals surface area (Å²) in [6.45, 7) is 8.49. The Morgan fingerprint density at radius 3 is 2.85 bits per heavy atom. The summed E-state index contributed by atoms with van der Waals surface area (Å²) in [5.41, 5.74) is 0. The molecule has 1 amide bonds. The number of hydrogen-bond donors (Lipinski definition) is 0. The SMILES string of the molecule is C=CC(=O)N1CCCN(C)CC1C. The Morgan fingerprint density at radius 1 is 1.54 bits per heavy atom. The van der Waals surface area contributed by atoms with Crippen molar-refractivity contribution in [3.63, 3.8) is 0 Å². The lowest BCUT2D eigenvalue weighted by Crippen LogP contribution is -2.41. The molecule has 3 heteroatoms. The maximum absolute atomic E-state index is 11.4. The first-order chi connectivity index (χ1) is 6.15. The lowest BCUT2D eigenvalue weighted by atomic mass is 10.2. The van der Waals surface area contributed by atoms with Crippen LogP contribution in [0.4, 0.5) is 0 Å². The lowest BCUT2D eigenvalue weighted by molar-refractivity contribution is -0.127. The Bertz CT molecular complexity index is 203. The van der Waals surface area contributed by atoms with E-state index in [0.717, 1.165) is 26.1 Å². The molecule has 0 aromatic carbocycles. The normalized spacial score (nSPS) is 25.4. The number of likely N-dealkylation sites (N-methyl/N-ethyl adjacent to an activating group) is 1. The van der Waals surface area contributed by atoms with Gasteiger partial charge in [-0.3, -0.25) is 4.79 Å². The van der Waals surface area contributed by atoms with Crippen LogP contribution < -0.4 is 0 Å². The molecule has 74 valence electrons. The van der Waals surface area contributed by atoms with Gasteiger partial charge in [0.15, 0.2) is 0 Å². The Balaban J connectivity index is 2.62. The molecule has 0 saturated carbocycles. The van der Waals surface area contributed by atoms with Crippen LogP contribution in [0.5, 0.6) is 0 Å². The van der Waals surface area contributed by atoms with Crippen LogP contribution in [0.25, 0.3) is 0 Å². The highest BCUT2D eigenvalue weighted by molar-refractivity contribution is 5.87. The number of hydrogen-bond acceptors (Lipinski definition) is 2. The first-order valence-corrected chi connectivity index (χ1v) is 4.76. The molecule has 0 N–H and O–H groups in total. The standard InChI is InChI=1S/C10H18N2O/c1-4-10(13)12-7-5-6-11(3)8-9(12)2/h4,9H,1,5-8H2,2-3H3. The molecule has 1 aliphatic heterocycles. The fourth-order valence-electron chi connectivity index (χ4n) is 1.82. The summed E-state index contributed by atoms with van der Waals surface area (Å²) < 4.78 is 0. The molecule has 1 heterocycles. The second-order valence-corrected chi connectivity index (χ2v) is 3.70. The molecular weight excluding hydrogens is 164 g/mol. The fraction of sp³-hybridized carbons (Fsp3) is 0.700. The van der Waals surface area contributed by atoms with Gasteiger partial charge >= 0.3 is 0 Å². The van der Waals surface area contributed by atoms with Crippen molar-refractivity contribution >= 4 is 5.91 Å². The number of carbonyl (C=O) groups excluding carboxylic acids is 1. The molecule has 0 aromatic rings. The highest BCUT2D eigenvalue weighted by Gasteiger charge is 2.21. The van der Waals surface area contributed by atoms with E-state index in [2.05, 4.69) is 25.5 Å². The van der Waals surface area contributed by atoms with E-state index in [-0.39, 0.29) is 5.91 Å². The largest absolute Gasteiger partial charge is 0.335 e. The van der Waals surface area contributed by atoms with Crippen LogP contribution in [0.15, 0.2) is 12.7 Å². The number of amides is 1. The van der Waals surface area contributed by atoms with Crippen molar-refractivity contribution in [2.75, 3.05) is 26.7 Å². The minimum atomic E-state index is 0.0581. The smallest absolute Gasteiger partial charge is 0.246 e. The number of rotatable bonds is 1. The molecule has 0 aliphatic carbocycles. The lowest BCUT2D eigenvalue weighted by Gasteiger charge is -2.26. The Morgan fingerprint density at radius 2 is 2.23 bits per heavy atom. The van der Waals surface area contributed by atoms with Crippen LogP contribution in [0.1, 0.15) is 13.3 Å². The quantitative estimate of drug-likeness (QED) is 0.558. The van der Waals surface area contributed by atoms with Gasteiger partial charge in [0.2, 0.25) is 5.91 Å². The third-order valence-corrected chi connectivity index (χ3v) is 2.50. The summed E-state index contributed by atoms with van der Waals surface area (Å²) in [5, 5.41) is 0. The third-order valence-electron chi connectivity index (χ3n) is 2.50. The molecule has 3 nitrogen and oxygen atoms in total. The van der Waals surface area contributed by atoms with E-state index in [1.165, 1.54) is 6.08 Å². The van der Waals surface area contributed by atoms with Crippen molar-refractivity contribution in [1.29, 1.82) is 0 Å². The van der Waals surface area contributed by atoms with Gasteiger partial charge < -0.3 is 9.80 Å². The second-order valence-electron chi connectivity index (χ2n) is 3.70. The molecule has 0 radical (unpaired) electrons. The Hall–Kier alpha value is -0.830. The summed E-state index contributed by atoms with van der Waals surface area (Å²) >= 11 is 0. The zero-order valence-electron chi connectivity index (χ0n) is 8.49. The van der Waals surface area contributed by atoms with Crippen LogP contribution in [-0.4, -0.2) is 48.4 Å². The van der Waals surface area contributed by atoms with Crippen molar-refractivity contribution < 1.29 is 4.79 Å². The summed E-state index contributed by atoms with van der Waals surface area (Å²) in [4.78, 5) is 15.6. The van der Waals surface area contributed by atoms with E-state index in [1.807, 2.05) is 4.90 Å². The molecule has 1 fully saturated rings. The van der Waals surface area contributed by atoms with E-state index in [0.29, 0.717) is 6.04 Å². The van der Waals surface area contributed by atoms with Gasteiger partial charge in [0.25, 0.3) is 0 Å². The minimum absolute atomic E-state index is 0.0581. The Kier molecular flexibility index (Phi) is 3.48. The molecule has 1 saturated heterocycles. The predicted molar refractivity (Wildman–Crippen MR) is 53.5 cm³/mol. The molecule has 1 aliphatic rings. The van der Waals surface area contributed by atoms with Gasteiger partial charge in [-0.05, 0) is 33.0 Å². The maximum Gasteiger partial charge on any atom is 0.246 e. The van der Waals surface area contributed by atoms with Crippen molar-refractivity contribution in [3.05, 3.63) is 12.7 Å². The van der Waals surface area contributed by atoms with E-state index >= 15 is 0 Å². The molecule has 0 aromatic heterocycles. The van der Waals surface area contributed by atoms with Gasteiger partial charge in [-0.25, -0.2) is 0 Å². The fourth-order valence-corrected chi connectivity index (χ4v) is 1.82. The molecule has 0 bridgehead atoms. The summed E-state index contributed by atoms with van der Waals surface area (Å²) in [6, 6.07) is 0.304. The average molecular weight is 182 g/mol. The van der Waals surface area contributed by atoms with E-state index in [4.69, 9.17) is 0 Å². The van der Waals surface area contributed by atoms with Crippen LogP contribution >= 0.6 is 0 Å². The van der Waals surface area contributed by atoms with Gasteiger partial charge in [-0.2, -0.15) is 0 Å².